The van der Waals surface area contributed by atoms with E-state index in [2.05, 4.69) is 4.72 Å². The predicted molar refractivity (Wildman–Crippen MR) is 59.0 cm³/mol. The first kappa shape index (κ1) is 12.3. The molecule has 0 bridgehead atoms. The van der Waals surface area contributed by atoms with Gasteiger partial charge in [-0.3, -0.25) is 0 Å². The average Bonchev–Trinajstić information content (AvgIpc) is 2.53. The quantitative estimate of drug-likeness (QED) is 0.805. The van der Waals surface area contributed by atoms with Crippen LogP contribution < -0.4 is 4.72 Å². The fraction of sp³-hybridized carbons (Fsp3) is 0.600. The Balaban J connectivity index is 2.31. The van der Waals surface area contributed by atoms with Crippen LogP contribution >= 0.6 is 0 Å². The SMILES string of the molecule is CC(C)CS(=O)(=O)NCCc1ccoc1. The van der Waals surface area contributed by atoms with Crippen molar-refractivity contribution in [3.05, 3.63) is 24.2 Å². The van der Waals surface area contributed by atoms with Crippen LogP contribution in [0.3, 0.4) is 0 Å². The van der Waals surface area contributed by atoms with Gasteiger partial charge in [-0.1, -0.05) is 13.8 Å². The molecule has 0 atom stereocenters. The lowest BCUT2D eigenvalue weighted by Gasteiger charge is -2.07. The molecule has 1 rings (SSSR count). The minimum absolute atomic E-state index is 0.149. The Morgan fingerprint density at radius 2 is 2.20 bits per heavy atom. The van der Waals surface area contributed by atoms with Crippen molar-refractivity contribution in [3.63, 3.8) is 0 Å². The van der Waals surface area contributed by atoms with Gasteiger partial charge in [0.15, 0.2) is 0 Å². The third-order valence-corrected chi connectivity index (χ3v) is 3.62. The van der Waals surface area contributed by atoms with E-state index in [1.54, 1.807) is 12.5 Å². The van der Waals surface area contributed by atoms with Gasteiger partial charge in [-0.15, -0.1) is 0 Å². The molecule has 0 aliphatic carbocycles. The van der Waals surface area contributed by atoms with E-state index in [0.717, 1.165) is 5.56 Å². The molecule has 4 nitrogen and oxygen atoms in total. The molecule has 0 aliphatic rings. The second-order valence-corrected chi connectivity index (χ2v) is 5.80. The first-order valence-corrected chi connectivity index (χ1v) is 6.63. The van der Waals surface area contributed by atoms with Crippen LogP contribution in [0.1, 0.15) is 19.4 Å². The van der Waals surface area contributed by atoms with Crippen molar-refractivity contribution in [2.24, 2.45) is 5.92 Å². The highest BCUT2D eigenvalue weighted by Crippen LogP contribution is 2.01. The Kier molecular flexibility index (Phi) is 4.35. The van der Waals surface area contributed by atoms with E-state index in [9.17, 15) is 8.42 Å². The second kappa shape index (κ2) is 5.32. The molecule has 0 saturated heterocycles. The van der Waals surface area contributed by atoms with Crippen LogP contribution in [-0.2, 0) is 16.4 Å². The van der Waals surface area contributed by atoms with Gasteiger partial charge in [-0.25, -0.2) is 13.1 Å². The van der Waals surface area contributed by atoms with Gasteiger partial charge < -0.3 is 4.42 Å². The van der Waals surface area contributed by atoms with E-state index >= 15 is 0 Å². The topological polar surface area (TPSA) is 59.3 Å². The molecule has 0 saturated carbocycles. The summed E-state index contributed by atoms with van der Waals surface area (Å²) >= 11 is 0. The maximum atomic E-state index is 11.4. The summed E-state index contributed by atoms with van der Waals surface area (Å²) in [5, 5.41) is 0. The number of hydrogen-bond acceptors (Lipinski definition) is 3. The molecule has 0 fully saturated rings. The number of furan rings is 1. The smallest absolute Gasteiger partial charge is 0.211 e. The Morgan fingerprint density at radius 1 is 1.47 bits per heavy atom. The lowest BCUT2D eigenvalue weighted by Crippen LogP contribution is -2.30. The van der Waals surface area contributed by atoms with Crippen molar-refractivity contribution in [1.29, 1.82) is 0 Å². The number of rotatable bonds is 6. The number of nitrogens with one attached hydrogen (secondary N) is 1. The van der Waals surface area contributed by atoms with E-state index < -0.39 is 10.0 Å². The van der Waals surface area contributed by atoms with Gasteiger partial charge >= 0.3 is 0 Å². The van der Waals surface area contributed by atoms with E-state index in [-0.39, 0.29) is 11.7 Å². The van der Waals surface area contributed by atoms with Gasteiger partial charge in [0.05, 0.1) is 18.3 Å². The molecular weight excluding hydrogens is 214 g/mol. The summed E-state index contributed by atoms with van der Waals surface area (Å²) in [6.45, 7) is 4.19. The molecule has 0 radical (unpaired) electrons. The van der Waals surface area contributed by atoms with Crippen LogP contribution in [0.4, 0.5) is 0 Å². The Labute approximate surface area is 90.7 Å². The first-order chi connectivity index (χ1) is 6.99. The van der Waals surface area contributed by atoms with Gasteiger partial charge in [0, 0.05) is 6.54 Å². The summed E-state index contributed by atoms with van der Waals surface area (Å²) in [6, 6.07) is 1.83. The largest absolute Gasteiger partial charge is 0.472 e. The maximum absolute atomic E-state index is 11.4. The zero-order chi connectivity index (χ0) is 11.3. The van der Waals surface area contributed by atoms with Crippen molar-refractivity contribution >= 4 is 10.0 Å². The minimum Gasteiger partial charge on any atom is -0.472 e. The Morgan fingerprint density at radius 3 is 2.73 bits per heavy atom. The molecule has 5 heteroatoms. The summed E-state index contributed by atoms with van der Waals surface area (Å²) in [5.74, 6) is 0.328. The highest BCUT2D eigenvalue weighted by atomic mass is 32.2. The third kappa shape index (κ3) is 4.99. The highest BCUT2D eigenvalue weighted by molar-refractivity contribution is 7.89. The molecule has 15 heavy (non-hydrogen) atoms. The summed E-state index contributed by atoms with van der Waals surface area (Å²) in [6.07, 6.45) is 3.86. The van der Waals surface area contributed by atoms with Crippen LogP contribution in [0, 0.1) is 5.92 Å². The third-order valence-electron chi connectivity index (χ3n) is 1.87. The fourth-order valence-electron chi connectivity index (χ4n) is 1.28. The van der Waals surface area contributed by atoms with Crippen molar-refractivity contribution in [2.45, 2.75) is 20.3 Å². The van der Waals surface area contributed by atoms with Crippen LogP contribution in [0.25, 0.3) is 0 Å². The molecule has 0 aromatic carbocycles. The van der Waals surface area contributed by atoms with Crippen LogP contribution in [0.5, 0.6) is 0 Å². The van der Waals surface area contributed by atoms with E-state index in [4.69, 9.17) is 4.42 Å². The van der Waals surface area contributed by atoms with Crippen molar-refractivity contribution in [2.75, 3.05) is 12.3 Å². The summed E-state index contributed by atoms with van der Waals surface area (Å²) in [7, 11) is -3.11. The van der Waals surface area contributed by atoms with Crippen LogP contribution in [0.2, 0.25) is 0 Å². The second-order valence-electron chi connectivity index (χ2n) is 3.95. The summed E-state index contributed by atoms with van der Waals surface area (Å²) in [5.41, 5.74) is 1.00. The number of hydrogen-bond donors (Lipinski definition) is 1. The molecule has 0 unspecified atom stereocenters. The zero-order valence-electron chi connectivity index (χ0n) is 9.06. The van der Waals surface area contributed by atoms with Crippen LogP contribution in [-0.4, -0.2) is 20.7 Å². The molecular formula is C10H17NO3S. The molecule has 1 aromatic heterocycles. The Bertz CT molecular complexity index is 367. The molecule has 0 aliphatic heterocycles. The van der Waals surface area contributed by atoms with Gasteiger partial charge in [-0.2, -0.15) is 0 Å². The van der Waals surface area contributed by atoms with E-state index in [0.29, 0.717) is 13.0 Å². The summed E-state index contributed by atoms with van der Waals surface area (Å²) in [4.78, 5) is 0. The van der Waals surface area contributed by atoms with Crippen molar-refractivity contribution in [1.82, 2.24) is 4.72 Å². The molecule has 1 heterocycles. The minimum atomic E-state index is -3.11. The molecule has 0 spiro atoms. The lowest BCUT2D eigenvalue weighted by molar-refractivity contribution is 0.560. The lowest BCUT2D eigenvalue weighted by atomic mass is 10.2. The highest BCUT2D eigenvalue weighted by Gasteiger charge is 2.11. The predicted octanol–water partition coefficient (Wildman–Crippen LogP) is 1.40. The first-order valence-electron chi connectivity index (χ1n) is 4.98. The van der Waals surface area contributed by atoms with Gasteiger partial charge in [0.2, 0.25) is 10.0 Å². The maximum Gasteiger partial charge on any atom is 0.211 e. The van der Waals surface area contributed by atoms with Crippen LogP contribution in [0.15, 0.2) is 23.0 Å². The standard InChI is InChI=1S/C10H17NO3S/c1-9(2)8-15(12,13)11-5-3-10-4-6-14-7-10/h4,6-7,9,11H,3,5,8H2,1-2H3. The molecule has 1 N–H and O–H groups in total. The van der Waals surface area contributed by atoms with Crippen molar-refractivity contribution in [3.8, 4) is 0 Å². The molecule has 0 amide bonds. The van der Waals surface area contributed by atoms with Gasteiger partial charge in [-0.05, 0) is 24.0 Å². The van der Waals surface area contributed by atoms with E-state index in [1.807, 2.05) is 19.9 Å². The fourth-order valence-corrected chi connectivity index (χ4v) is 2.69. The molecule has 1 aromatic rings. The molecule has 86 valence electrons. The zero-order valence-corrected chi connectivity index (χ0v) is 9.88. The van der Waals surface area contributed by atoms with Gasteiger partial charge in [0.25, 0.3) is 0 Å². The van der Waals surface area contributed by atoms with Crippen molar-refractivity contribution < 1.29 is 12.8 Å². The summed E-state index contributed by atoms with van der Waals surface area (Å²) < 4.78 is 30.3. The average molecular weight is 231 g/mol. The van der Waals surface area contributed by atoms with Gasteiger partial charge in [0.1, 0.15) is 0 Å². The van der Waals surface area contributed by atoms with E-state index in [1.165, 1.54) is 0 Å². The number of sulfonamides is 1. The monoisotopic (exact) mass is 231 g/mol. The normalized spacial score (nSPS) is 12.2. The Hall–Kier alpha value is -0.810.